The van der Waals surface area contributed by atoms with Crippen molar-refractivity contribution < 1.29 is 4.74 Å². The summed E-state index contributed by atoms with van der Waals surface area (Å²) in [5, 5.41) is 7.36. The normalized spacial score (nSPS) is 19.6. The number of nitrogens with two attached hydrogens (primary N) is 1. The third kappa shape index (κ3) is 2.71. The van der Waals surface area contributed by atoms with Crippen molar-refractivity contribution in [3.63, 3.8) is 0 Å². The maximum atomic E-state index is 7.36. The largest absolute Gasteiger partial charge is 0.384 e. The molecule has 0 aromatic carbocycles. The molecule has 1 aromatic heterocycles. The molecule has 1 fully saturated rings. The van der Waals surface area contributed by atoms with E-state index in [2.05, 4.69) is 14.9 Å². The van der Waals surface area contributed by atoms with Crippen molar-refractivity contribution in [2.75, 3.05) is 31.7 Å². The Morgan fingerprint density at radius 3 is 3.24 bits per heavy atom. The van der Waals surface area contributed by atoms with E-state index in [1.807, 2.05) is 0 Å². The summed E-state index contributed by atoms with van der Waals surface area (Å²) in [4.78, 5) is 10.6. The first-order chi connectivity index (χ1) is 8.20. The molecule has 6 heteroatoms. The van der Waals surface area contributed by atoms with Crippen LogP contribution in [-0.4, -0.2) is 42.6 Å². The fourth-order valence-electron chi connectivity index (χ4n) is 2.04. The number of nitrogen functional groups attached to an aromatic ring is 1. The molecule has 2 rings (SSSR count). The summed E-state index contributed by atoms with van der Waals surface area (Å²) in [6, 6.07) is 1.65. The van der Waals surface area contributed by atoms with Gasteiger partial charge in [-0.1, -0.05) is 0 Å². The maximum Gasteiger partial charge on any atom is 0.225 e. The Balaban J connectivity index is 2.08. The lowest BCUT2D eigenvalue weighted by atomic mass is 10.1. The van der Waals surface area contributed by atoms with Crippen molar-refractivity contribution in [1.82, 2.24) is 9.97 Å². The molecule has 6 nitrogen and oxygen atoms in total. The van der Waals surface area contributed by atoms with E-state index in [9.17, 15) is 0 Å². The monoisotopic (exact) mass is 235 g/mol. The predicted molar refractivity (Wildman–Crippen MR) is 65.2 cm³/mol. The molecule has 1 aliphatic heterocycles. The lowest BCUT2D eigenvalue weighted by Crippen LogP contribution is -2.24. The topological polar surface area (TPSA) is 88.1 Å². The molecule has 1 aromatic rings. The molecule has 0 spiro atoms. The van der Waals surface area contributed by atoms with E-state index in [0.717, 1.165) is 26.1 Å². The molecule has 92 valence electrons. The molecule has 0 aliphatic carbocycles. The van der Waals surface area contributed by atoms with E-state index in [-0.39, 0.29) is 5.84 Å². The average Bonchev–Trinajstić information content (AvgIpc) is 2.78. The average molecular weight is 235 g/mol. The minimum atomic E-state index is -0.0266. The molecule has 0 saturated carbocycles. The molecule has 1 atom stereocenters. The quantitative estimate of drug-likeness (QED) is 0.576. The first-order valence-electron chi connectivity index (χ1n) is 5.62. The Bertz CT molecular complexity index is 409. The van der Waals surface area contributed by atoms with Gasteiger partial charge in [0, 0.05) is 32.3 Å². The van der Waals surface area contributed by atoms with Crippen LogP contribution in [0.3, 0.4) is 0 Å². The number of nitrogens with zero attached hydrogens (tertiary/aromatic N) is 3. The van der Waals surface area contributed by atoms with E-state index in [1.54, 1.807) is 19.4 Å². The van der Waals surface area contributed by atoms with Crippen LogP contribution < -0.4 is 10.6 Å². The highest BCUT2D eigenvalue weighted by molar-refractivity contribution is 5.93. The first-order valence-corrected chi connectivity index (χ1v) is 5.62. The highest BCUT2D eigenvalue weighted by atomic mass is 16.5. The Hall–Kier alpha value is -1.69. The molecule has 0 amide bonds. The van der Waals surface area contributed by atoms with Gasteiger partial charge in [0.15, 0.2) is 0 Å². The van der Waals surface area contributed by atoms with Crippen molar-refractivity contribution in [2.45, 2.75) is 6.42 Å². The molecule has 3 N–H and O–H groups in total. The number of nitrogens with one attached hydrogen (secondary N) is 1. The third-order valence-electron chi connectivity index (χ3n) is 2.89. The van der Waals surface area contributed by atoms with Crippen LogP contribution in [0.2, 0.25) is 0 Å². The van der Waals surface area contributed by atoms with E-state index in [4.69, 9.17) is 15.9 Å². The number of hydrogen-bond acceptors (Lipinski definition) is 5. The molecule has 0 radical (unpaired) electrons. The SMILES string of the molecule is COCC1CCN(c2nccc(C(=N)N)n2)C1. The molecule has 1 saturated heterocycles. The number of methoxy groups -OCH3 is 1. The number of aromatic nitrogens is 2. The Morgan fingerprint density at radius 2 is 2.53 bits per heavy atom. The second-order valence-corrected chi connectivity index (χ2v) is 4.21. The van der Waals surface area contributed by atoms with Crippen LogP contribution in [0.15, 0.2) is 12.3 Å². The standard InChI is InChI=1S/C11H17N5O/c1-17-7-8-3-5-16(6-8)11-14-4-2-9(15-11)10(12)13/h2,4,8H,3,5-7H2,1H3,(H3,12,13). The van der Waals surface area contributed by atoms with Crippen LogP contribution >= 0.6 is 0 Å². The van der Waals surface area contributed by atoms with Gasteiger partial charge < -0.3 is 15.4 Å². The minimum absolute atomic E-state index is 0.0266. The van der Waals surface area contributed by atoms with Crippen LogP contribution in [0.4, 0.5) is 5.95 Å². The van der Waals surface area contributed by atoms with E-state index < -0.39 is 0 Å². The summed E-state index contributed by atoms with van der Waals surface area (Å²) >= 11 is 0. The number of anilines is 1. The van der Waals surface area contributed by atoms with Crippen molar-refractivity contribution in [3.05, 3.63) is 18.0 Å². The molecule has 17 heavy (non-hydrogen) atoms. The van der Waals surface area contributed by atoms with Crippen LogP contribution in [0.25, 0.3) is 0 Å². The van der Waals surface area contributed by atoms with Gasteiger partial charge >= 0.3 is 0 Å². The van der Waals surface area contributed by atoms with Crippen molar-refractivity contribution in [1.29, 1.82) is 5.41 Å². The summed E-state index contributed by atoms with van der Waals surface area (Å²) < 4.78 is 5.15. The molecule has 0 bridgehead atoms. The van der Waals surface area contributed by atoms with Gasteiger partial charge in [0.1, 0.15) is 11.5 Å². The number of amidine groups is 1. The van der Waals surface area contributed by atoms with Gasteiger partial charge in [-0.25, -0.2) is 9.97 Å². The number of ether oxygens (including phenoxy) is 1. The lowest BCUT2D eigenvalue weighted by Gasteiger charge is -2.16. The Kier molecular flexibility index (Phi) is 3.53. The lowest BCUT2D eigenvalue weighted by molar-refractivity contribution is 0.161. The predicted octanol–water partition coefficient (Wildman–Crippen LogP) is 0.233. The minimum Gasteiger partial charge on any atom is -0.384 e. The zero-order valence-corrected chi connectivity index (χ0v) is 9.89. The fraction of sp³-hybridized carbons (Fsp3) is 0.545. The molecular formula is C11H17N5O. The summed E-state index contributed by atoms with van der Waals surface area (Å²) in [6.07, 6.45) is 2.73. The van der Waals surface area contributed by atoms with Crippen LogP contribution in [0, 0.1) is 11.3 Å². The van der Waals surface area contributed by atoms with Gasteiger partial charge in [-0.15, -0.1) is 0 Å². The zero-order valence-electron chi connectivity index (χ0n) is 9.89. The first kappa shape index (κ1) is 11.8. The molecule has 1 aliphatic rings. The fourth-order valence-corrected chi connectivity index (χ4v) is 2.04. The van der Waals surface area contributed by atoms with Crippen molar-refractivity contribution >= 4 is 11.8 Å². The summed E-state index contributed by atoms with van der Waals surface area (Å²) in [5.41, 5.74) is 5.89. The smallest absolute Gasteiger partial charge is 0.225 e. The highest BCUT2D eigenvalue weighted by Gasteiger charge is 2.24. The van der Waals surface area contributed by atoms with Gasteiger partial charge in [0.05, 0.1) is 6.61 Å². The van der Waals surface area contributed by atoms with Gasteiger partial charge in [0.25, 0.3) is 0 Å². The van der Waals surface area contributed by atoms with E-state index in [0.29, 0.717) is 17.6 Å². The van der Waals surface area contributed by atoms with E-state index in [1.165, 1.54) is 0 Å². The molecule has 1 unspecified atom stereocenters. The number of rotatable bonds is 4. The highest BCUT2D eigenvalue weighted by Crippen LogP contribution is 2.20. The maximum absolute atomic E-state index is 7.36. The van der Waals surface area contributed by atoms with Crippen molar-refractivity contribution in [2.24, 2.45) is 11.7 Å². The Labute approximate surface area is 100 Å². The summed E-state index contributed by atoms with van der Waals surface area (Å²) in [6.45, 7) is 2.59. The molecular weight excluding hydrogens is 218 g/mol. The molecule has 2 heterocycles. The number of hydrogen-bond donors (Lipinski definition) is 2. The van der Waals surface area contributed by atoms with Gasteiger partial charge in [-0.05, 0) is 12.5 Å². The van der Waals surface area contributed by atoms with Crippen LogP contribution in [0.1, 0.15) is 12.1 Å². The van der Waals surface area contributed by atoms with Gasteiger partial charge in [-0.2, -0.15) is 0 Å². The van der Waals surface area contributed by atoms with Crippen LogP contribution in [-0.2, 0) is 4.74 Å². The summed E-state index contributed by atoms with van der Waals surface area (Å²) in [5.74, 6) is 1.15. The second-order valence-electron chi connectivity index (χ2n) is 4.21. The zero-order chi connectivity index (χ0) is 12.3. The Morgan fingerprint density at radius 1 is 1.71 bits per heavy atom. The summed E-state index contributed by atoms with van der Waals surface area (Å²) in [7, 11) is 1.72. The van der Waals surface area contributed by atoms with E-state index >= 15 is 0 Å². The van der Waals surface area contributed by atoms with Crippen molar-refractivity contribution in [3.8, 4) is 0 Å². The van der Waals surface area contributed by atoms with Gasteiger partial charge in [-0.3, -0.25) is 5.41 Å². The van der Waals surface area contributed by atoms with Crippen LogP contribution in [0.5, 0.6) is 0 Å². The third-order valence-corrected chi connectivity index (χ3v) is 2.89. The second kappa shape index (κ2) is 5.09. The van der Waals surface area contributed by atoms with Gasteiger partial charge in [0.2, 0.25) is 5.95 Å².